The first-order chi connectivity index (χ1) is 11.6. The maximum absolute atomic E-state index is 11.3. The van der Waals surface area contributed by atoms with Gasteiger partial charge >= 0.3 is 0 Å². The number of carbonyl (C=O) groups excluding carboxylic acids is 2. The lowest BCUT2D eigenvalue weighted by Crippen LogP contribution is -1.85. The van der Waals surface area contributed by atoms with Crippen LogP contribution in [0.4, 0.5) is 0 Å². The zero-order valence-electron chi connectivity index (χ0n) is 12.9. The largest absolute Gasteiger partial charge is 0.298 e. The average Bonchev–Trinajstić information content (AvgIpc) is 2.62. The minimum atomic E-state index is -0.0549. The van der Waals surface area contributed by atoms with Gasteiger partial charge in [-0.25, -0.2) is 0 Å². The summed E-state index contributed by atoms with van der Waals surface area (Å²) in [5.74, 6) is 0.610. The summed E-state index contributed by atoms with van der Waals surface area (Å²) < 4.78 is 0. The Labute approximate surface area is 154 Å². The third-order valence-electron chi connectivity index (χ3n) is 2.86. The van der Waals surface area contributed by atoms with Gasteiger partial charge in [-0.15, -0.1) is 11.8 Å². The molecule has 0 atom stereocenters. The minimum absolute atomic E-state index is 0.0549. The third kappa shape index (κ3) is 6.07. The molecular formula is C19H16O2S3. The van der Waals surface area contributed by atoms with Gasteiger partial charge in [0.1, 0.15) is 6.29 Å². The number of thioether (sulfide) groups is 2. The molecule has 0 unspecified atom stereocenters. The smallest absolute Gasteiger partial charge is 0.216 e. The van der Waals surface area contributed by atoms with Crippen molar-refractivity contribution in [1.29, 1.82) is 0 Å². The second-order valence-corrected chi connectivity index (χ2v) is 8.01. The summed E-state index contributed by atoms with van der Waals surface area (Å²) in [6.07, 6.45) is 2.11. The molecule has 5 heteroatoms. The van der Waals surface area contributed by atoms with Crippen LogP contribution in [-0.4, -0.2) is 17.2 Å². The fourth-order valence-corrected chi connectivity index (χ4v) is 3.84. The van der Waals surface area contributed by atoms with Crippen LogP contribution in [0.15, 0.2) is 92.9 Å². The van der Waals surface area contributed by atoms with E-state index in [9.17, 15) is 9.59 Å². The van der Waals surface area contributed by atoms with Gasteiger partial charge in [0.2, 0.25) is 5.12 Å². The highest BCUT2D eigenvalue weighted by molar-refractivity contribution is 8.14. The number of hydrogen-bond acceptors (Lipinski definition) is 5. The molecule has 0 amide bonds. The van der Waals surface area contributed by atoms with Crippen LogP contribution in [0.3, 0.4) is 0 Å². The van der Waals surface area contributed by atoms with Gasteiger partial charge in [0.15, 0.2) is 0 Å². The number of rotatable bonds is 8. The molecule has 0 aromatic heterocycles. The molecule has 2 aromatic rings. The summed E-state index contributed by atoms with van der Waals surface area (Å²) in [5.41, 5.74) is 0.589. The van der Waals surface area contributed by atoms with Gasteiger partial charge < -0.3 is 0 Å². The summed E-state index contributed by atoms with van der Waals surface area (Å²) in [7, 11) is 0. The fraction of sp³-hybridized carbons (Fsp3) is 0.0526. The lowest BCUT2D eigenvalue weighted by molar-refractivity contribution is -0.107. The first kappa shape index (κ1) is 18.6. The molecule has 0 aliphatic rings. The van der Waals surface area contributed by atoms with Crippen LogP contribution < -0.4 is 0 Å². The maximum Gasteiger partial charge on any atom is 0.216 e. The molecule has 0 fully saturated rings. The van der Waals surface area contributed by atoms with E-state index in [1.54, 1.807) is 23.5 Å². The predicted molar refractivity (Wildman–Crippen MR) is 104 cm³/mol. The zero-order chi connectivity index (χ0) is 17.4. The lowest BCUT2D eigenvalue weighted by Gasteiger charge is -2.05. The summed E-state index contributed by atoms with van der Waals surface area (Å²) in [6.45, 7) is 7.14. The van der Waals surface area contributed by atoms with Gasteiger partial charge in [-0.2, -0.15) is 0 Å². The first-order valence-corrected chi connectivity index (χ1v) is 9.70. The normalized spacial score (nSPS) is 10.2. The number of hydrogen-bond donors (Lipinski definition) is 0. The highest BCUT2D eigenvalue weighted by atomic mass is 32.2. The monoisotopic (exact) mass is 372 g/mol. The van der Waals surface area contributed by atoms with Crippen molar-refractivity contribution in [3.63, 3.8) is 0 Å². The standard InChI is InChI=1S/C19H16O2S3/c1-3-19(21)24-18-10-8-17(9-11-18)23-16-6-4-15(5-7-16)22-13-14(2)12-20/h3-12H,1-2,13H2. The Morgan fingerprint density at radius 2 is 1.42 bits per heavy atom. The molecule has 0 radical (unpaired) electrons. The van der Waals surface area contributed by atoms with Crippen LogP contribution in [0.5, 0.6) is 0 Å². The zero-order valence-corrected chi connectivity index (χ0v) is 15.4. The molecule has 0 saturated carbocycles. The Morgan fingerprint density at radius 3 is 1.92 bits per heavy atom. The molecule has 0 saturated heterocycles. The molecule has 122 valence electrons. The van der Waals surface area contributed by atoms with Crippen LogP contribution >= 0.6 is 35.3 Å². The van der Waals surface area contributed by atoms with E-state index in [1.165, 1.54) is 17.8 Å². The average molecular weight is 373 g/mol. The Kier molecular flexibility index (Phi) is 7.43. The van der Waals surface area contributed by atoms with Gasteiger partial charge in [-0.3, -0.25) is 9.59 Å². The number of aldehydes is 1. The van der Waals surface area contributed by atoms with E-state index in [0.717, 1.165) is 25.9 Å². The molecule has 0 N–H and O–H groups in total. The molecule has 0 spiro atoms. The van der Waals surface area contributed by atoms with Gasteiger partial charge in [0.05, 0.1) is 0 Å². The van der Waals surface area contributed by atoms with E-state index >= 15 is 0 Å². The Hall–Kier alpha value is -1.69. The Bertz CT molecular complexity index is 734. The summed E-state index contributed by atoms with van der Waals surface area (Å²) in [6, 6.07) is 16.1. The van der Waals surface area contributed by atoms with Crippen molar-refractivity contribution in [1.82, 2.24) is 0 Å². The second kappa shape index (κ2) is 9.57. The van der Waals surface area contributed by atoms with Gasteiger partial charge in [-0.1, -0.05) is 24.9 Å². The summed E-state index contributed by atoms with van der Waals surface area (Å²) in [5, 5.41) is -0.0549. The van der Waals surface area contributed by atoms with Crippen molar-refractivity contribution < 1.29 is 9.59 Å². The predicted octanol–water partition coefficient (Wildman–Crippen LogP) is 5.49. The lowest BCUT2D eigenvalue weighted by atomic mass is 10.4. The SMILES string of the molecule is C=CC(=O)Sc1ccc(Sc2ccc(SCC(=C)C=O)cc2)cc1. The molecule has 24 heavy (non-hydrogen) atoms. The quantitative estimate of drug-likeness (QED) is 0.348. The summed E-state index contributed by atoms with van der Waals surface area (Å²) >= 11 is 4.43. The van der Waals surface area contributed by atoms with E-state index in [0.29, 0.717) is 11.3 Å². The molecule has 2 aromatic carbocycles. The molecular weight excluding hydrogens is 356 g/mol. The van der Waals surface area contributed by atoms with E-state index in [2.05, 4.69) is 25.3 Å². The molecule has 0 bridgehead atoms. The first-order valence-electron chi connectivity index (χ1n) is 7.08. The topological polar surface area (TPSA) is 34.1 Å². The van der Waals surface area contributed by atoms with Crippen molar-refractivity contribution >= 4 is 46.7 Å². The maximum atomic E-state index is 11.3. The van der Waals surface area contributed by atoms with Crippen LogP contribution in [0.1, 0.15) is 0 Å². The molecule has 2 nitrogen and oxygen atoms in total. The highest BCUT2D eigenvalue weighted by Gasteiger charge is 2.03. The molecule has 2 rings (SSSR count). The van der Waals surface area contributed by atoms with E-state index in [1.807, 2.05) is 36.4 Å². The Morgan fingerprint density at radius 1 is 0.917 bits per heavy atom. The molecule has 0 aliphatic carbocycles. The van der Waals surface area contributed by atoms with E-state index in [-0.39, 0.29) is 5.12 Å². The number of benzene rings is 2. The third-order valence-corrected chi connectivity index (χ3v) is 5.87. The van der Waals surface area contributed by atoms with Crippen molar-refractivity contribution in [3.8, 4) is 0 Å². The fourth-order valence-electron chi connectivity index (χ4n) is 1.68. The van der Waals surface area contributed by atoms with Crippen LogP contribution in [0.2, 0.25) is 0 Å². The van der Waals surface area contributed by atoms with Crippen LogP contribution in [0, 0.1) is 0 Å². The Balaban J connectivity index is 1.93. The van der Waals surface area contributed by atoms with Crippen molar-refractivity contribution in [2.45, 2.75) is 19.6 Å². The van der Waals surface area contributed by atoms with Crippen LogP contribution in [0.25, 0.3) is 0 Å². The van der Waals surface area contributed by atoms with Crippen molar-refractivity contribution in [3.05, 3.63) is 73.3 Å². The molecule has 0 heterocycles. The van der Waals surface area contributed by atoms with Crippen molar-refractivity contribution in [2.75, 3.05) is 5.75 Å². The molecule has 0 aliphatic heterocycles. The van der Waals surface area contributed by atoms with Gasteiger partial charge in [0.25, 0.3) is 0 Å². The van der Waals surface area contributed by atoms with Crippen LogP contribution in [-0.2, 0) is 9.59 Å². The second-order valence-electron chi connectivity index (χ2n) is 4.73. The van der Waals surface area contributed by atoms with E-state index in [4.69, 9.17) is 0 Å². The number of carbonyl (C=O) groups is 2. The van der Waals surface area contributed by atoms with Gasteiger partial charge in [0, 0.05) is 25.3 Å². The highest BCUT2D eigenvalue weighted by Crippen LogP contribution is 2.31. The van der Waals surface area contributed by atoms with Crippen molar-refractivity contribution in [2.24, 2.45) is 0 Å². The van der Waals surface area contributed by atoms with Gasteiger partial charge in [-0.05, 0) is 71.9 Å². The summed E-state index contributed by atoms with van der Waals surface area (Å²) in [4.78, 5) is 26.1. The minimum Gasteiger partial charge on any atom is -0.298 e. The van der Waals surface area contributed by atoms with E-state index < -0.39 is 0 Å².